The molecule has 1 atom stereocenters. The van der Waals surface area contributed by atoms with Crippen LogP contribution in [0.15, 0.2) is 84.9 Å². The first-order valence-electron chi connectivity index (χ1n) is 12.4. The van der Waals surface area contributed by atoms with Crippen LogP contribution in [-0.4, -0.2) is 19.0 Å². The maximum atomic E-state index is 14.1. The van der Waals surface area contributed by atoms with Gasteiger partial charge in [-0.15, -0.1) is 0 Å². The quantitative estimate of drug-likeness (QED) is 0.315. The van der Waals surface area contributed by atoms with Crippen molar-refractivity contribution in [3.8, 4) is 11.5 Å². The van der Waals surface area contributed by atoms with Crippen molar-refractivity contribution in [3.05, 3.63) is 119 Å². The molecule has 2 heterocycles. The number of rotatable bonds is 4. The largest absolute Gasteiger partial charge is 0.456 e. The van der Waals surface area contributed by atoms with Gasteiger partial charge in [0.15, 0.2) is 0 Å². The molecule has 2 aliphatic heterocycles. The fraction of sp³-hybridized carbons (Fsp3) is 0.194. The van der Waals surface area contributed by atoms with Crippen LogP contribution in [0, 0.1) is 12.7 Å². The van der Waals surface area contributed by atoms with Crippen molar-refractivity contribution in [1.82, 2.24) is 0 Å². The highest BCUT2D eigenvalue weighted by molar-refractivity contribution is 6.14. The van der Waals surface area contributed by atoms with E-state index >= 15 is 0 Å². The zero-order valence-electron chi connectivity index (χ0n) is 20.6. The third-order valence-corrected chi connectivity index (χ3v) is 7.40. The number of hydrogen-bond donors (Lipinski definition) is 0. The Labute approximate surface area is 210 Å². The lowest BCUT2D eigenvalue weighted by Crippen LogP contribution is -2.47. The van der Waals surface area contributed by atoms with Crippen LogP contribution in [0.2, 0.25) is 0 Å². The molecule has 180 valence electrons. The van der Waals surface area contributed by atoms with Crippen molar-refractivity contribution in [1.29, 1.82) is 0 Å². The number of carbonyl (C=O) groups excluding carboxylic acids is 1. The number of nitrogens with zero attached hydrogens (tertiary/aromatic N) is 2. The fourth-order valence-corrected chi connectivity index (χ4v) is 5.77. The molecule has 5 heteroatoms. The third kappa shape index (κ3) is 3.02. The van der Waals surface area contributed by atoms with Crippen molar-refractivity contribution in [3.63, 3.8) is 0 Å². The molecule has 6 rings (SSSR count). The summed E-state index contributed by atoms with van der Waals surface area (Å²) >= 11 is 0. The SMILES string of the molecule is CCN(CC)c1ccc2c(c1)Oc1cc(C)ccc1C21c2ccccc2C(=O)N1c1ccc(F)cc1. The van der Waals surface area contributed by atoms with Gasteiger partial charge in [-0.1, -0.05) is 36.4 Å². The summed E-state index contributed by atoms with van der Waals surface area (Å²) in [6.45, 7) is 8.04. The summed E-state index contributed by atoms with van der Waals surface area (Å²) in [4.78, 5) is 18.2. The summed E-state index contributed by atoms with van der Waals surface area (Å²) in [5.41, 5.74) is 5.11. The molecule has 1 amide bonds. The van der Waals surface area contributed by atoms with Gasteiger partial charge in [0, 0.05) is 52.8 Å². The number of hydrogen-bond acceptors (Lipinski definition) is 3. The second kappa shape index (κ2) is 8.23. The zero-order valence-corrected chi connectivity index (χ0v) is 20.6. The van der Waals surface area contributed by atoms with Gasteiger partial charge in [0.25, 0.3) is 5.91 Å². The van der Waals surface area contributed by atoms with Gasteiger partial charge in [0.2, 0.25) is 0 Å². The standard InChI is InChI=1S/C31H27FN2O2/c1-4-33(5-2)23-15-17-27-29(19-23)36-28-18-20(3)10-16-26(28)31(27)25-9-7-6-8-24(25)30(35)34(31)22-13-11-21(32)12-14-22/h6-19H,4-5H2,1-3H3. The van der Waals surface area contributed by atoms with E-state index in [1.54, 1.807) is 12.1 Å². The van der Waals surface area contributed by atoms with Gasteiger partial charge in [-0.05, 0) is 68.8 Å². The van der Waals surface area contributed by atoms with Crippen molar-refractivity contribution < 1.29 is 13.9 Å². The highest BCUT2D eigenvalue weighted by atomic mass is 19.1. The van der Waals surface area contributed by atoms with E-state index in [0.717, 1.165) is 46.8 Å². The lowest BCUT2D eigenvalue weighted by Gasteiger charge is -2.44. The first-order valence-corrected chi connectivity index (χ1v) is 12.4. The van der Waals surface area contributed by atoms with E-state index < -0.39 is 5.54 Å². The van der Waals surface area contributed by atoms with E-state index in [1.807, 2.05) is 48.2 Å². The van der Waals surface area contributed by atoms with Gasteiger partial charge >= 0.3 is 0 Å². The second-order valence-corrected chi connectivity index (χ2v) is 9.33. The second-order valence-electron chi connectivity index (χ2n) is 9.33. The summed E-state index contributed by atoms with van der Waals surface area (Å²) in [6.07, 6.45) is 0. The highest BCUT2D eigenvalue weighted by Crippen LogP contribution is 2.58. The molecular formula is C31H27FN2O2. The molecule has 1 spiro atoms. The molecule has 0 fully saturated rings. The van der Waals surface area contributed by atoms with E-state index in [4.69, 9.17) is 4.74 Å². The molecule has 2 aliphatic rings. The molecule has 0 radical (unpaired) electrons. The Hall–Kier alpha value is -4.12. The number of carbonyl (C=O) groups is 1. The molecule has 0 saturated heterocycles. The van der Waals surface area contributed by atoms with E-state index in [0.29, 0.717) is 17.0 Å². The Bertz CT molecular complexity index is 1490. The molecule has 4 nitrogen and oxygen atoms in total. The maximum absolute atomic E-state index is 14.1. The first-order chi connectivity index (χ1) is 17.5. The minimum atomic E-state index is -0.954. The van der Waals surface area contributed by atoms with Crippen LogP contribution >= 0.6 is 0 Å². The minimum Gasteiger partial charge on any atom is -0.456 e. The third-order valence-electron chi connectivity index (χ3n) is 7.40. The van der Waals surface area contributed by atoms with Gasteiger partial charge in [-0.25, -0.2) is 4.39 Å². The monoisotopic (exact) mass is 478 g/mol. The fourth-order valence-electron chi connectivity index (χ4n) is 5.77. The molecule has 36 heavy (non-hydrogen) atoms. The van der Waals surface area contributed by atoms with Crippen LogP contribution < -0.4 is 14.5 Å². The molecule has 4 aromatic carbocycles. The summed E-state index contributed by atoms with van der Waals surface area (Å²) < 4.78 is 20.5. The highest BCUT2D eigenvalue weighted by Gasteiger charge is 2.56. The Morgan fingerprint density at radius 1 is 0.833 bits per heavy atom. The summed E-state index contributed by atoms with van der Waals surface area (Å²) in [5.74, 6) is 0.971. The van der Waals surface area contributed by atoms with Crippen molar-refractivity contribution in [2.75, 3.05) is 22.9 Å². The molecule has 1 unspecified atom stereocenters. The first kappa shape index (κ1) is 22.4. The smallest absolute Gasteiger partial charge is 0.260 e. The normalized spacial score (nSPS) is 17.4. The Balaban J connectivity index is 1.72. The van der Waals surface area contributed by atoms with Crippen LogP contribution in [0.4, 0.5) is 15.8 Å². The number of ether oxygens (including phenoxy) is 1. The Morgan fingerprint density at radius 2 is 1.50 bits per heavy atom. The minimum absolute atomic E-state index is 0.121. The van der Waals surface area contributed by atoms with Crippen molar-refractivity contribution in [2.45, 2.75) is 26.3 Å². The summed E-state index contributed by atoms with van der Waals surface area (Å²) in [7, 11) is 0. The van der Waals surface area contributed by atoms with Gasteiger partial charge in [-0.3, -0.25) is 9.69 Å². The van der Waals surface area contributed by atoms with Crippen LogP contribution in [0.25, 0.3) is 0 Å². The molecule has 0 aromatic heterocycles. The van der Waals surface area contributed by atoms with Gasteiger partial charge in [0.05, 0.1) is 0 Å². The average Bonchev–Trinajstić information content (AvgIpc) is 3.14. The maximum Gasteiger partial charge on any atom is 0.260 e. The predicted octanol–water partition coefficient (Wildman–Crippen LogP) is 7.04. The van der Waals surface area contributed by atoms with E-state index in [1.165, 1.54) is 12.1 Å². The average molecular weight is 479 g/mol. The molecule has 0 bridgehead atoms. The number of anilines is 2. The number of halogens is 1. The summed E-state index contributed by atoms with van der Waals surface area (Å²) in [5, 5.41) is 0. The van der Waals surface area contributed by atoms with Gasteiger partial charge in [-0.2, -0.15) is 0 Å². The zero-order chi connectivity index (χ0) is 25.0. The molecule has 4 aromatic rings. The molecular weight excluding hydrogens is 451 g/mol. The van der Waals surface area contributed by atoms with Crippen molar-refractivity contribution >= 4 is 17.3 Å². The van der Waals surface area contributed by atoms with Crippen molar-refractivity contribution in [2.24, 2.45) is 0 Å². The number of aryl methyl sites for hydroxylation is 1. The molecule has 0 N–H and O–H groups in total. The summed E-state index contributed by atoms with van der Waals surface area (Å²) in [6, 6.07) is 26.3. The van der Waals surface area contributed by atoms with Gasteiger partial charge in [0.1, 0.15) is 22.9 Å². The number of benzene rings is 4. The van der Waals surface area contributed by atoms with E-state index in [2.05, 4.69) is 43.0 Å². The topological polar surface area (TPSA) is 32.8 Å². The number of amides is 1. The lowest BCUT2D eigenvalue weighted by molar-refractivity contribution is 0.0985. The van der Waals surface area contributed by atoms with Crippen LogP contribution in [0.3, 0.4) is 0 Å². The molecule has 0 aliphatic carbocycles. The molecule has 0 saturated carbocycles. The predicted molar refractivity (Wildman–Crippen MR) is 141 cm³/mol. The number of fused-ring (bicyclic) bond motifs is 6. The lowest BCUT2D eigenvalue weighted by atomic mass is 9.74. The van der Waals surface area contributed by atoms with E-state index in [-0.39, 0.29) is 11.7 Å². The Kier molecular flexibility index (Phi) is 5.11. The van der Waals surface area contributed by atoms with Crippen LogP contribution in [0.1, 0.15) is 46.5 Å². The van der Waals surface area contributed by atoms with Crippen LogP contribution in [0.5, 0.6) is 11.5 Å². The van der Waals surface area contributed by atoms with Gasteiger partial charge < -0.3 is 9.64 Å². The Morgan fingerprint density at radius 3 is 2.22 bits per heavy atom. The van der Waals surface area contributed by atoms with E-state index in [9.17, 15) is 9.18 Å². The van der Waals surface area contributed by atoms with Crippen LogP contribution in [-0.2, 0) is 5.54 Å².